The zero-order chi connectivity index (χ0) is 29.6. The van der Waals surface area contributed by atoms with E-state index in [-0.39, 0.29) is 46.6 Å². The minimum absolute atomic E-state index is 0.0908. The van der Waals surface area contributed by atoms with Crippen LogP contribution in [0.1, 0.15) is 69.4 Å². The first-order valence-electron chi connectivity index (χ1n) is 14.4. The van der Waals surface area contributed by atoms with Gasteiger partial charge in [0.05, 0.1) is 40.5 Å². The quantitative estimate of drug-likeness (QED) is 0.257. The lowest BCUT2D eigenvalue weighted by Crippen LogP contribution is -2.54. The normalized spacial score (nSPS) is 23.7. The largest absolute Gasteiger partial charge is 0.385 e. The Kier molecular flexibility index (Phi) is 7.40. The van der Waals surface area contributed by atoms with Crippen molar-refractivity contribution in [3.63, 3.8) is 0 Å². The number of carbonyl (C=O) groups excluding carboxylic acids is 1. The lowest BCUT2D eigenvalue weighted by atomic mass is 9.73. The maximum atomic E-state index is 15.3. The Balaban J connectivity index is 1.30. The number of pyridine rings is 1. The molecule has 220 valence electrons. The van der Waals surface area contributed by atoms with Crippen LogP contribution in [0.2, 0.25) is 0 Å². The van der Waals surface area contributed by atoms with Crippen molar-refractivity contribution < 1.29 is 18.7 Å². The van der Waals surface area contributed by atoms with Crippen LogP contribution in [0.5, 0.6) is 0 Å². The van der Waals surface area contributed by atoms with Gasteiger partial charge in [-0.15, -0.1) is 0 Å². The van der Waals surface area contributed by atoms with Gasteiger partial charge >= 0.3 is 0 Å². The number of halogens is 2. The number of aliphatic hydroxyl groups is 1. The van der Waals surface area contributed by atoms with Gasteiger partial charge in [0.15, 0.2) is 0 Å². The molecule has 11 heteroatoms. The van der Waals surface area contributed by atoms with Gasteiger partial charge in [-0.1, -0.05) is 19.8 Å². The Morgan fingerprint density at radius 2 is 1.86 bits per heavy atom. The third-order valence-electron chi connectivity index (χ3n) is 8.85. The summed E-state index contributed by atoms with van der Waals surface area (Å²) in [5, 5.41) is 21.7. The van der Waals surface area contributed by atoms with E-state index in [1.807, 2.05) is 6.07 Å². The maximum absolute atomic E-state index is 15.3. The topological polar surface area (TPSA) is 130 Å². The first-order chi connectivity index (χ1) is 20.1. The third kappa shape index (κ3) is 5.22. The first-order valence-corrected chi connectivity index (χ1v) is 14.4. The molecular formula is C31H35F2N7O2. The van der Waals surface area contributed by atoms with E-state index in [0.29, 0.717) is 30.7 Å². The van der Waals surface area contributed by atoms with Crippen molar-refractivity contribution in [1.82, 2.24) is 24.9 Å². The highest BCUT2D eigenvalue weighted by Gasteiger charge is 2.36. The highest BCUT2D eigenvalue weighted by atomic mass is 19.1. The number of nitrogens with zero attached hydrogens (tertiary/aromatic N) is 4. The predicted molar refractivity (Wildman–Crippen MR) is 155 cm³/mol. The number of carbonyl (C=O) groups is 1. The van der Waals surface area contributed by atoms with E-state index in [1.165, 1.54) is 23.6 Å². The molecule has 2 aliphatic carbocycles. The molecule has 6 rings (SSSR count). The molecule has 0 bridgehead atoms. The number of rotatable bonds is 6. The molecule has 3 heterocycles. The molecule has 9 nitrogen and oxygen atoms in total. The summed E-state index contributed by atoms with van der Waals surface area (Å²) < 4.78 is 32.2. The monoisotopic (exact) mass is 575 g/mol. The zero-order valence-corrected chi connectivity index (χ0v) is 23.6. The zero-order valence-electron chi connectivity index (χ0n) is 23.6. The average Bonchev–Trinajstić information content (AvgIpc) is 3.57. The van der Waals surface area contributed by atoms with E-state index in [1.54, 1.807) is 30.7 Å². The molecule has 2 aliphatic rings. The fourth-order valence-electron chi connectivity index (χ4n) is 6.75. The summed E-state index contributed by atoms with van der Waals surface area (Å²) in [6.45, 7) is 3.59. The van der Waals surface area contributed by atoms with Gasteiger partial charge in [-0.05, 0) is 79.0 Å². The van der Waals surface area contributed by atoms with Crippen LogP contribution in [0, 0.1) is 17.6 Å². The molecule has 0 radical (unpaired) electrons. The molecule has 0 aliphatic heterocycles. The van der Waals surface area contributed by atoms with Crippen LogP contribution in [-0.2, 0) is 10.4 Å². The number of fused-ring (bicyclic) bond motifs is 1. The van der Waals surface area contributed by atoms with Gasteiger partial charge in [-0.25, -0.2) is 13.8 Å². The number of hydrogen-bond acceptors (Lipinski definition) is 7. The summed E-state index contributed by atoms with van der Waals surface area (Å²) in [5.41, 5.74) is 7.77. The molecule has 0 spiro atoms. The third-order valence-corrected chi connectivity index (χ3v) is 8.85. The van der Waals surface area contributed by atoms with Gasteiger partial charge in [0.1, 0.15) is 11.6 Å². The Morgan fingerprint density at radius 1 is 1.12 bits per heavy atom. The molecule has 1 amide bonds. The summed E-state index contributed by atoms with van der Waals surface area (Å²) in [5.74, 6) is -0.985. The molecule has 0 saturated heterocycles. The summed E-state index contributed by atoms with van der Waals surface area (Å²) in [6, 6.07) is 7.35. The number of amides is 1. The van der Waals surface area contributed by atoms with E-state index in [4.69, 9.17) is 5.73 Å². The van der Waals surface area contributed by atoms with Crippen LogP contribution in [0.15, 0.2) is 48.9 Å². The minimum Gasteiger partial charge on any atom is -0.385 e. The van der Waals surface area contributed by atoms with Gasteiger partial charge in [-0.3, -0.25) is 9.78 Å². The van der Waals surface area contributed by atoms with E-state index in [0.717, 1.165) is 30.5 Å². The van der Waals surface area contributed by atoms with Gasteiger partial charge in [-0.2, -0.15) is 9.61 Å². The fraction of sp³-hybridized carbons (Fsp3) is 0.419. The molecule has 2 saturated carbocycles. The highest BCUT2D eigenvalue weighted by molar-refractivity contribution is 5.73. The molecule has 42 heavy (non-hydrogen) atoms. The Morgan fingerprint density at radius 3 is 2.55 bits per heavy atom. The van der Waals surface area contributed by atoms with Crippen molar-refractivity contribution in [3.05, 3.63) is 71.7 Å². The summed E-state index contributed by atoms with van der Waals surface area (Å²) in [7, 11) is 0. The molecular weight excluding hydrogens is 540 g/mol. The van der Waals surface area contributed by atoms with Crippen LogP contribution < -0.4 is 16.4 Å². The number of imidazole rings is 1. The Hall–Kier alpha value is -3.96. The molecule has 4 atom stereocenters. The molecule has 3 aromatic heterocycles. The van der Waals surface area contributed by atoms with Crippen LogP contribution in [0.3, 0.4) is 0 Å². The summed E-state index contributed by atoms with van der Waals surface area (Å²) >= 11 is 0. The van der Waals surface area contributed by atoms with Crippen molar-refractivity contribution in [3.8, 4) is 11.3 Å². The van der Waals surface area contributed by atoms with E-state index >= 15 is 8.78 Å². The molecule has 2 fully saturated rings. The predicted octanol–water partition coefficient (Wildman–Crippen LogP) is 4.92. The minimum atomic E-state index is -1.20. The standard InChI is InChI=1S/C31H35F2N7O2/c1-17-11-19(12-25(34)29(17)37-18(2)41)22-7-10-35-16-27(22)38-30-36-15-21-5-6-26(39-40(21)30)28-23(32)13-20(14-24(28)33)31(42)8-3-4-9-31/h5-7,10,13-17,19,25,29,42H,3-4,8-9,11-12,34H2,1-2H3,(H,36,38)(H,37,41)/t17-,19+,25+,29-/m0/s1. The van der Waals surface area contributed by atoms with Gasteiger partial charge in [0, 0.05) is 25.2 Å². The second-order valence-corrected chi connectivity index (χ2v) is 11.8. The van der Waals surface area contributed by atoms with Gasteiger partial charge < -0.3 is 21.5 Å². The average molecular weight is 576 g/mol. The molecule has 5 N–H and O–H groups in total. The highest BCUT2D eigenvalue weighted by Crippen LogP contribution is 2.41. The SMILES string of the molecule is CC(=O)N[C@@H]1[C@H](N)C[C@H](c2ccncc2Nc2ncc3ccc(-c4c(F)cc(C5(O)CCCC5)cc4F)nn23)C[C@@H]1C. The van der Waals surface area contributed by atoms with Crippen LogP contribution in [0.25, 0.3) is 16.8 Å². The number of nitrogens with two attached hydrogens (primary N) is 1. The van der Waals surface area contributed by atoms with Crippen molar-refractivity contribution >= 4 is 23.1 Å². The molecule has 4 aromatic rings. The number of anilines is 2. The number of hydrogen-bond donors (Lipinski definition) is 4. The fourth-order valence-corrected chi connectivity index (χ4v) is 6.75. The lowest BCUT2D eigenvalue weighted by molar-refractivity contribution is -0.120. The van der Waals surface area contributed by atoms with Crippen molar-refractivity contribution in [2.24, 2.45) is 11.7 Å². The smallest absolute Gasteiger partial charge is 0.229 e. The van der Waals surface area contributed by atoms with E-state index in [2.05, 4.69) is 32.6 Å². The maximum Gasteiger partial charge on any atom is 0.229 e. The van der Waals surface area contributed by atoms with Gasteiger partial charge in [0.2, 0.25) is 11.9 Å². The van der Waals surface area contributed by atoms with Crippen LogP contribution in [-0.4, -0.2) is 42.7 Å². The van der Waals surface area contributed by atoms with E-state index in [9.17, 15) is 9.90 Å². The van der Waals surface area contributed by atoms with Crippen molar-refractivity contribution in [2.45, 2.75) is 76.0 Å². The Bertz CT molecular complexity index is 1600. The second kappa shape index (κ2) is 11.0. The summed E-state index contributed by atoms with van der Waals surface area (Å²) in [6.07, 6.45) is 9.17. The van der Waals surface area contributed by atoms with Crippen molar-refractivity contribution in [2.75, 3.05) is 5.32 Å². The van der Waals surface area contributed by atoms with Gasteiger partial charge in [0.25, 0.3) is 0 Å². The van der Waals surface area contributed by atoms with Crippen LogP contribution >= 0.6 is 0 Å². The molecule has 1 aromatic carbocycles. The first kappa shape index (κ1) is 28.2. The van der Waals surface area contributed by atoms with Crippen molar-refractivity contribution in [1.29, 1.82) is 0 Å². The number of nitrogens with one attached hydrogen (secondary N) is 2. The Labute approximate surface area is 242 Å². The summed E-state index contributed by atoms with van der Waals surface area (Å²) in [4.78, 5) is 20.5. The second-order valence-electron chi connectivity index (χ2n) is 11.8. The molecule has 0 unspecified atom stereocenters. The van der Waals surface area contributed by atoms with Crippen LogP contribution in [0.4, 0.5) is 20.4 Å². The number of benzene rings is 1. The number of aromatic nitrogens is 4. The lowest BCUT2D eigenvalue weighted by Gasteiger charge is -2.39. The van der Waals surface area contributed by atoms with E-state index < -0.39 is 17.2 Å².